The van der Waals surface area contributed by atoms with Crippen LogP contribution in [0.2, 0.25) is 0 Å². The Bertz CT molecular complexity index is 768. The van der Waals surface area contributed by atoms with E-state index in [1.807, 2.05) is 19.9 Å². The normalized spacial score (nSPS) is 16.3. The first-order valence-electron chi connectivity index (χ1n) is 6.87. The molecule has 0 radical (unpaired) electrons. The van der Waals surface area contributed by atoms with Crippen molar-refractivity contribution in [3.05, 3.63) is 23.3 Å². The van der Waals surface area contributed by atoms with Crippen LogP contribution in [-0.4, -0.2) is 43.0 Å². The van der Waals surface area contributed by atoms with Gasteiger partial charge in [-0.25, -0.2) is 9.50 Å². The first-order valence-corrected chi connectivity index (χ1v) is 6.87. The van der Waals surface area contributed by atoms with Gasteiger partial charge in [0.1, 0.15) is 5.54 Å². The van der Waals surface area contributed by atoms with E-state index in [0.29, 0.717) is 18.6 Å². The lowest BCUT2D eigenvalue weighted by Gasteiger charge is -2.42. The van der Waals surface area contributed by atoms with Gasteiger partial charge >= 0.3 is 0 Å². The highest BCUT2D eigenvalue weighted by atomic mass is 16.2. The van der Waals surface area contributed by atoms with E-state index in [1.165, 1.54) is 4.90 Å². The summed E-state index contributed by atoms with van der Waals surface area (Å²) in [7, 11) is 1.64. The highest BCUT2D eigenvalue weighted by Crippen LogP contribution is 2.36. The first-order chi connectivity index (χ1) is 9.97. The van der Waals surface area contributed by atoms with Crippen LogP contribution in [-0.2, 0) is 0 Å². The van der Waals surface area contributed by atoms with E-state index in [9.17, 15) is 10.1 Å². The maximum atomic E-state index is 12.5. The number of aromatic nitrogens is 4. The minimum absolute atomic E-state index is 0.0835. The fourth-order valence-electron chi connectivity index (χ4n) is 2.64. The van der Waals surface area contributed by atoms with E-state index in [0.717, 1.165) is 17.8 Å². The molecular formula is C14H16N6O. The minimum Gasteiger partial charge on any atom is -0.320 e. The molecule has 7 heteroatoms. The monoisotopic (exact) mass is 284 g/mol. The molecule has 1 fully saturated rings. The zero-order chi connectivity index (χ0) is 15.2. The topological polar surface area (TPSA) is 87.2 Å². The summed E-state index contributed by atoms with van der Waals surface area (Å²) in [4.78, 5) is 22.5. The third-order valence-corrected chi connectivity index (χ3v) is 4.15. The van der Waals surface area contributed by atoms with Gasteiger partial charge in [-0.2, -0.15) is 10.2 Å². The molecule has 0 aromatic carbocycles. The largest absolute Gasteiger partial charge is 0.320 e. The fraction of sp³-hybridized carbons (Fsp3) is 0.500. The smallest absolute Gasteiger partial charge is 0.294 e. The molecule has 1 saturated carbocycles. The van der Waals surface area contributed by atoms with Crippen molar-refractivity contribution in [2.24, 2.45) is 0 Å². The summed E-state index contributed by atoms with van der Waals surface area (Å²) >= 11 is 0. The van der Waals surface area contributed by atoms with Crippen LogP contribution in [0.15, 0.2) is 6.07 Å². The standard InChI is InChI=1S/C14H16N6O/c1-9-7-10(2)20-13(16-9)17-11(18-20)12(21)19(3)14(8-15)5-4-6-14/h7H,4-6H2,1-3H3. The van der Waals surface area contributed by atoms with E-state index < -0.39 is 5.54 Å². The second-order valence-electron chi connectivity index (χ2n) is 5.55. The molecule has 0 bridgehead atoms. The van der Waals surface area contributed by atoms with Gasteiger partial charge in [-0.05, 0) is 39.2 Å². The molecule has 21 heavy (non-hydrogen) atoms. The van der Waals surface area contributed by atoms with E-state index in [1.54, 1.807) is 11.6 Å². The average Bonchev–Trinajstić information content (AvgIpc) is 2.81. The SMILES string of the molecule is Cc1cc(C)n2nc(C(=O)N(C)C3(C#N)CCC3)nc2n1. The second kappa shape index (κ2) is 4.52. The van der Waals surface area contributed by atoms with Crippen LogP contribution >= 0.6 is 0 Å². The lowest BCUT2D eigenvalue weighted by atomic mass is 9.76. The molecule has 1 aliphatic rings. The number of nitrogens with zero attached hydrogens (tertiary/aromatic N) is 6. The predicted octanol–water partition coefficient (Wildman–Crippen LogP) is 1.26. The van der Waals surface area contributed by atoms with E-state index in [-0.39, 0.29) is 11.7 Å². The van der Waals surface area contributed by atoms with Crippen molar-refractivity contribution in [2.45, 2.75) is 38.6 Å². The molecule has 1 amide bonds. The molecular weight excluding hydrogens is 268 g/mol. The maximum Gasteiger partial charge on any atom is 0.294 e. The van der Waals surface area contributed by atoms with Crippen molar-refractivity contribution in [1.82, 2.24) is 24.5 Å². The highest BCUT2D eigenvalue weighted by molar-refractivity contribution is 5.91. The summed E-state index contributed by atoms with van der Waals surface area (Å²) in [6.45, 7) is 3.76. The zero-order valence-electron chi connectivity index (χ0n) is 12.3. The fourth-order valence-corrected chi connectivity index (χ4v) is 2.64. The maximum absolute atomic E-state index is 12.5. The lowest BCUT2D eigenvalue weighted by molar-refractivity contribution is 0.0485. The number of nitriles is 1. The molecule has 2 aromatic heterocycles. The van der Waals surface area contributed by atoms with Gasteiger partial charge in [0, 0.05) is 18.4 Å². The minimum atomic E-state index is -0.701. The van der Waals surface area contributed by atoms with Crippen molar-refractivity contribution >= 4 is 11.7 Å². The molecule has 3 rings (SSSR count). The Balaban J connectivity index is 1.99. The molecule has 0 N–H and O–H groups in total. The summed E-state index contributed by atoms with van der Waals surface area (Å²) in [5.74, 6) is 0.155. The first kappa shape index (κ1) is 13.5. The molecule has 7 nitrogen and oxygen atoms in total. The van der Waals surface area contributed by atoms with Crippen LogP contribution in [0.25, 0.3) is 5.78 Å². The van der Waals surface area contributed by atoms with E-state index in [4.69, 9.17) is 0 Å². The molecule has 0 saturated heterocycles. The van der Waals surface area contributed by atoms with Gasteiger partial charge in [0.15, 0.2) is 0 Å². The number of fused-ring (bicyclic) bond motifs is 1. The van der Waals surface area contributed by atoms with Crippen LogP contribution in [0.4, 0.5) is 0 Å². The van der Waals surface area contributed by atoms with Gasteiger partial charge in [0.2, 0.25) is 5.82 Å². The number of rotatable bonds is 2. The van der Waals surface area contributed by atoms with E-state index >= 15 is 0 Å². The molecule has 2 aromatic rings. The Morgan fingerprint density at radius 1 is 1.43 bits per heavy atom. The van der Waals surface area contributed by atoms with E-state index in [2.05, 4.69) is 21.1 Å². The Labute approximate surface area is 122 Å². The average molecular weight is 284 g/mol. The summed E-state index contributed by atoms with van der Waals surface area (Å²) in [6, 6.07) is 4.12. The number of carbonyl (C=O) groups excluding carboxylic acids is 1. The Morgan fingerprint density at radius 3 is 2.71 bits per heavy atom. The Morgan fingerprint density at radius 2 is 2.14 bits per heavy atom. The van der Waals surface area contributed by atoms with Crippen molar-refractivity contribution in [3.8, 4) is 6.07 Å². The van der Waals surface area contributed by atoms with Crippen molar-refractivity contribution in [2.75, 3.05) is 7.05 Å². The van der Waals surface area contributed by atoms with Crippen LogP contribution < -0.4 is 0 Å². The van der Waals surface area contributed by atoms with Crippen LogP contribution in [0, 0.1) is 25.2 Å². The lowest BCUT2D eigenvalue weighted by Crippen LogP contribution is -2.53. The highest BCUT2D eigenvalue weighted by Gasteiger charge is 2.44. The van der Waals surface area contributed by atoms with Crippen molar-refractivity contribution < 1.29 is 4.79 Å². The van der Waals surface area contributed by atoms with Crippen LogP contribution in [0.1, 0.15) is 41.3 Å². The van der Waals surface area contributed by atoms with Gasteiger partial charge in [-0.15, -0.1) is 5.10 Å². The zero-order valence-corrected chi connectivity index (χ0v) is 12.3. The number of carbonyl (C=O) groups is 1. The quantitative estimate of drug-likeness (QED) is 0.828. The number of aryl methyl sites for hydroxylation is 2. The third kappa shape index (κ3) is 1.95. The molecule has 2 heterocycles. The summed E-state index contributed by atoms with van der Waals surface area (Å²) < 4.78 is 1.55. The second-order valence-corrected chi connectivity index (χ2v) is 5.55. The third-order valence-electron chi connectivity index (χ3n) is 4.15. The molecule has 108 valence electrons. The van der Waals surface area contributed by atoms with Crippen molar-refractivity contribution in [1.29, 1.82) is 5.26 Å². The van der Waals surface area contributed by atoms with Gasteiger partial charge in [0.05, 0.1) is 6.07 Å². The molecule has 0 aliphatic heterocycles. The van der Waals surface area contributed by atoms with Gasteiger partial charge in [-0.3, -0.25) is 4.79 Å². The Hall–Kier alpha value is -2.49. The number of hydrogen-bond acceptors (Lipinski definition) is 5. The predicted molar refractivity (Wildman–Crippen MR) is 74.5 cm³/mol. The van der Waals surface area contributed by atoms with Crippen LogP contribution in [0.5, 0.6) is 0 Å². The molecule has 0 unspecified atom stereocenters. The number of hydrogen-bond donors (Lipinski definition) is 0. The van der Waals surface area contributed by atoms with Gasteiger partial charge in [-0.1, -0.05) is 0 Å². The number of amides is 1. The van der Waals surface area contributed by atoms with Crippen LogP contribution in [0.3, 0.4) is 0 Å². The van der Waals surface area contributed by atoms with Crippen molar-refractivity contribution in [3.63, 3.8) is 0 Å². The Kier molecular flexibility index (Phi) is 2.90. The molecule has 0 atom stereocenters. The van der Waals surface area contributed by atoms with Gasteiger partial charge in [0.25, 0.3) is 11.7 Å². The summed E-state index contributed by atoms with van der Waals surface area (Å²) in [6.07, 6.45) is 2.37. The molecule has 1 aliphatic carbocycles. The van der Waals surface area contributed by atoms with Gasteiger partial charge < -0.3 is 4.90 Å². The molecule has 0 spiro atoms. The summed E-state index contributed by atoms with van der Waals surface area (Å²) in [5, 5.41) is 13.5. The summed E-state index contributed by atoms with van der Waals surface area (Å²) in [5.41, 5.74) is 0.991.